The fourth-order valence-electron chi connectivity index (χ4n) is 2.89. The van der Waals surface area contributed by atoms with Crippen LogP contribution in [0, 0.1) is 6.92 Å². The second-order valence-electron chi connectivity index (χ2n) is 6.97. The highest BCUT2D eigenvalue weighted by molar-refractivity contribution is 8.00. The van der Waals surface area contributed by atoms with Crippen LogP contribution in [-0.2, 0) is 22.6 Å². The van der Waals surface area contributed by atoms with E-state index < -0.39 is 5.25 Å². The number of methoxy groups -OCH3 is 1. The number of amides is 1. The van der Waals surface area contributed by atoms with Gasteiger partial charge in [-0.1, -0.05) is 53.2 Å². The molecule has 8 heteroatoms. The van der Waals surface area contributed by atoms with E-state index in [4.69, 9.17) is 16.3 Å². The highest BCUT2D eigenvalue weighted by Gasteiger charge is 2.19. The van der Waals surface area contributed by atoms with Crippen LogP contribution in [0.3, 0.4) is 0 Å². The Hall–Kier alpha value is -2.35. The van der Waals surface area contributed by atoms with Crippen LogP contribution >= 0.6 is 23.4 Å². The van der Waals surface area contributed by atoms with Crippen LogP contribution in [0.1, 0.15) is 18.1 Å². The highest BCUT2D eigenvalue weighted by Crippen LogP contribution is 2.24. The van der Waals surface area contributed by atoms with E-state index in [0.29, 0.717) is 40.8 Å². The van der Waals surface area contributed by atoms with Crippen molar-refractivity contribution in [3.05, 3.63) is 69.0 Å². The van der Waals surface area contributed by atoms with Gasteiger partial charge in [-0.25, -0.2) is 4.98 Å². The molecule has 0 saturated heterocycles. The number of thioether (sulfide) groups is 1. The van der Waals surface area contributed by atoms with Crippen LogP contribution in [0.25, 0.3) is 10.9 Å². The summed E-state index contributed by atoms with van der Waals surface area (Å²) < 4.78 is 6.69. The van der Waals surface area contributed by atoms with E-state index in [9.17, 15) is 9.59 Å². The molecular weight excluding hydrogens is 422 g/mol. The van der Waals surface area contributed by atoms with Gasteiger partial charge in [0.1, 0.15) is 0 Å². The molecule has 2 aromatic carbocycles. The number of aromatic nitrogens is 2. The summed E-state index contributed by atoms with van der Waals surface area (Å²) in [4.78, 5) is 30.2. The molecule has 0 aliphatic rings. The third kappa shape index (κ3) is 5.41. The molecule has 0 spiro atoms. The van der Waals surface area contributed by atoms with Gasteiger partial charge in [-0.2, -0.15) is 0 Å². The number of rotatable bonds is 8. The minimum atomic E-state index is -0.437. The van der Waals surface area contributed by atoms with E-state index in [1.165, 1.54) is 17.3 Å². The topological polar surface area (TPSA) is 73.2 Å². The van der Waals surface area contributed by atoms with E-state index in [1.807, 2.05) is 31.2 Å². The molecule has 6 nitrogen and oxygen atoms in total. The van der Waals surface area contributed by atoms with Gasteiger partial charge in [-0.15, -0.1) is 0 Å². The molecule has 1 atom stereocenters. The summed E-state index contributed by atoms with van der Waals surface area (Å²) in [5, 5.41) is 3.95. The number of hydrogen-bond donors (Lipinski definition) is 1. The fourth-order valence-corrected chi connectivity index (χ4v) is 4.02. The predicted octanol–water partition coefficient (Wildman–Crippen LogP) is 3.80. The van der Waals surface area contributed by atoms with E-state index in [2.05, 4.69) is 10.3 Å². The average molecular weight is 446 g/mol. The fraction of sp³-hybridized carbons (Fsp3) is 0.318. The standard InChI is InChI=1S/C22H24ClN3O3S/c1-14-4-6-16(7-5-14)13-24-20(27)15(2)30-22-25-19-12-17(23)8-9-18(19)21(28)26(22)10-11-29-3/h4-9,12,15H,10-11,13H2,1-3H3,(H,24,27). The minimum absolute atomic E-state index is 0.126. The largest absolute Gasteiger partial charge is 0.383 e. The number of nitrogens with one attached hydrogen (secondary N) is 1. The molecule has 30 heavy (non-hydrogen) atoms. The summed E-state index contributed by atoms with van der Waals surface area (Å²) in [5.41, 5.74) is 2.53. The molecule has 1 amide bonds. The third-order valence-corrected chi connectivity index (χ3v) is 5.97. The van der Waals surface area contributed by atoms with Crippen LogP contribution in [0.5, 0.6) is 0 Å². The molecule has 0 fully saturated rings. The first kappa shape index (κ1) is 22.3. The lowest BCUT2D eigenvalue weighted by atomic mass is 10.1. The Kier molecular flexibility index (Phi) is 7.53. The first-order valence-corrected chi connectivity index (χ1v) is 10.8. The molecule has 3 rings (SSSR count). The molecule has 1 aromatic heterocycles. The molecule has 1 heterocycles. The van der Waals surface area contributed by atoms with Gasteiger partial charge >= 0.3 is 0 Å². The smallest absolute Gasteiger partial charge is 0.262 e. The first-order chi connectivity index (χ1) is 14.4. The Balaban J connectivity index is 1.80. The number of carbonyl (C=O) groups is 1. The second-order valence-corrected chi connectivity index (χ2v) is 8.71. The van der Waals surface area contributed by atoms with Crippen molar-refractivity contribution in [3.63, 3.8) is 0 Å². The van der Waals surface area contributed by atoms with Crippen molar-refractivity contribution >= 4 is 40.2 Å². The molecule has 0 radical (unpaired) electrons. The summed E-state index contributed by atoms with van der Waals surface area (Å²) in [6.07, 6.45) is 0. The number of hydrogen-bond acceptors (Lipinski definition) is 5. The predicted molar refractivity (Wildman–Crippen MR) is 121 cm³/mol. The van der Waals surface area contributed by atoms with Gasteiger partial charge in [0.25, 0.3) is 5.56 Å². The van der Waals surface area contributed by atoms with Crippen LogP contribution in [-0.4, -0.2) is 34.4 Å². The SMILES string of the molecule is COCCn1c(SC(C)C(=O)NCc2ccc(C)cc2)nc2cc(Cl)ccc2c1=O. The number of nitrogens with zero attached hydrogens (tertiary/aromatic N) is 2. The molecule has 0 saturated carbocycles. The minimum Gasteiger partial charge on any atom is -0.383 e. The van der Waals surface area contributed by atoms with E-state index in [-0.39, 0.29) is 11.5 Å². The number of halogens is 1. The molecule has 158 valence electrons. The molecule has 1 unspecified atom stereocenters. The Morgan fingerprint density at radius 1 is 1.27 bits per heavy atom. The van der Waals surface area contributed by atoms with Gasteiger partial charge in [0, 0.05) is 18.7 Å². The summed E-state index contributed by atoms with van der Waals surface area (Å²) >= 11 is 7.31. The number of ether oxygens (including phenoxy) is 1. The van der Waals surface area contributed by atoms with Crippen molar-refractivity contribution in [2.45, 2.75) is 37.3 Å². The van der Waals surface area contributed by atoms with Gasteiger partial charge in [0.15, 0.2) is 5.16 Å². The van der Waals surface area contributed by atoms with Gasteiger partial charge in [0.05, 0.1) is 29.3 Å². The molecule has 0 aliphatic carbocycles. The maximum Gasteiger partial charge on any atom is 0.262 e. The van der Waals surface area contributed by atoms with Crippen molar-refractivity contribution in [2.75, 3.05) is 13.7 Å². The lowest BCUT2D eigenvalue weighted by Gasteiger charge is -2.16. The summed E-state index contributed by atoms with van der Waals surface area (Å²) in [6.45, 7) is 4.97. The normalized spacial score (nSPS) is 12.1. The van der Waals surface area contributed by atoms with E-state index in [0.717, 1.165) is 5.56 Å². The molecule has 1 N–H and O–H groups in total. The Morgan fingerprint density at radius 2 is 2.00 bits per heavy atom. The van der Waals surface area contributed by atoms with Crippen molar-refractivity contribution < 1.29 is 9.53 Å². The van der Waals surface area contributed by atoms with Crippen molar-refractivity contribution in [3.8, 4) is 0 Å². The Morgan fingerprint density at radius 3 is 2.70 bits per heavy atom. The zero-order valence-corrected chi connectivity index (χ0v) is 18.7. The maximum atomic E-state index is 13.0. The van der Waals surface area contributed by atoms with Crippen molar-refractivity contribution in [1.29, 1.82) is 0 Å². The molecule has 0 bridgehead atoms. The van der Waals surface area contributed by atoms with Gasteiger partial charge in [0.2, 0.25) is 5.91 Å². The van der Waals surface area contributed by atoms with Crippen LogP contribution < -0.4 is 10.9 Å². The Bertz CT molecular complexity index is 1100. The highest BCUT2D eigenvalue weighted by atomic mass is 35.5. The summed E-state index contributed by atoms with van der Waals surface area (Å²) in [6, 6.07) is 13.0. The van der Waals surface area contributed by atoms with Gasteiger partial charge in [-0.05, 0) is 37.6 Å². The number of aryl methyl sites for hydroxylation is 1. The third-order valence-electron chi connectivity index (χ3n) is 4.64. The zero-order valence-electron chi connectivity index (χ0n) is 17.1. The van der Waals surface area contributed by atoms with Gasteiger partial charge < -0.3 is 10.1 Å². The first-order valence-electron chi connectivity index (χ1n) is 9.58. The Labute approximate surface area is 184 Å². The lowest BCUT2D eigenvalue weighted by Crippen LogP contribution is -2.32. The number of carbonyl (C=O) groups excluding carboxylic acids is 1. The number of fused-ring (bicyclic) bond motifs is 1. The average Bonchev–Trinajstić information content (AvgIpc) is 2.72. The van der Waals surface area contributed by atoms with E-state index in [1.54, 1.807) is 36.8 Å². The van der Waals surface area contributed by atoms with Crippen LogP contribution in [0.2, 0.25) is 5.02 Å². The maximum absolute atomic E-state index is 13.0. The summed E-state index contributed by atoms with van der Waals surface area (Å²) in [5.74, 6) is -0.126. The van der Waals surface area contributed by atoms with Crippen molar-refractivity contribution in [1.82, 2.24) is 14.9 Å². The lowest BCUT2D eigenvalue weighted by molar-refractivity contribution is -0.120. The monoisotopic (exact) mass is 445 g/mol. The van der Waals surface area contributed by atoms with Crippen LogP contribution in [0.15, 0.2) is 52.4 Å². The van der Waals surface area contributed by atoms with Crippen molar-refractivity contribution in [2.24, 2.45) is 0 Å². The quantitative estimate of drug-likeness (QED) is 0.421. The van der Waals surface area contributed by atoms with Crippen LogP contribution in [0.4, 0.5) is 0 Å². The van der Waals surface area contributed by atoms with E-state index >= 15 is 0 Å². The second kappa shape index (κ2) is 10.1. The molecular formula is C22H24ClN3O3S. The number of benzene rings is 2. The molecule has 3 aromatic rings. The van der Waals surface area contributed by atoms with Gasteiger partial charge in [-0.3, -0.25) is 14.2 Å². The summed E-state index contributed by atoms with van der Waals surface area (Å²) in [7, 11) is 1.58. The molecule has 0 aliphatic heterocycles. The zero-order chi connectivity index (χ0) is 21.7.